The number of likely N-dealkylation sites (N-methyl/N-ethyl adjacent to an activating group) is 1. The molecule has 1 atom stereocenters. The van der Waals surface area contributed by atoms with Crippen molar-refractivity contribution in [2.45, 2.75) is 65.3 Å². The summed E-state index contributed by atoms with van der Waals surface area (Å²) in [7, 11) is 0. The van der Waals surface area contributed by atoms with Gasteiger partial charge in [0.25, 0.3) is 0 Å². The molecule has 114 valence electrons. The van der Waals surface area contributed by atoms with E-state index in [0.717, 1.165) is 12.5 Å². The van der Waals surface area contributed by atoms with Crippen molar-refractivity contribution >= 4 is 0 Å². The van der Waals surface area contributed by atoms with Gasteiger partial charge < -0.3 is 5.32 Å². The number of halogens is 1. The topological polar surface area (TPSA) is 12.0 Å². The second-order valence-electron chi connectivity index (χ2n) is 6.26. The Labute approximate surface area is 124 Å². The van der Waals surface area contributed by atoms with Crippen molar-refractivity contribution < 1.29 is 4.39 Å². The third-order valence-corrected chi connectivity index (χ3v) is 4.63. The van der Waals surface area contributed by atoms with E-state index in [1.165, 1.54) is 24.8 Å². The highest BCUT2D eigenvalue weighted by molar-refractivity contribution is 5.26. The first-order valence-corrected chi connectivity index (χ1v) is 7.95. The predicted octanol–water partition coefficient (Wildman–Crippen LogP) is 4.91. The van der Waals surface area contributed by atoms with Crippen LogP contribution >= 0.6 is 0 Å². The summed E-state index contributed by atoms with van der Waals surface area (Å²) < 4.78 is 13.1. The molecule has 1 aromatic carbocycles. The van der Waals surface area contributed by atoms with Crippen LogP contribution in [0.4, 0.5) is 4.39 Å². The minimum atomic E-state index is -0.162. The fourth-order valence-corrected chi connectivity index (χ4v) is 2.92. The van der Waals surface area contributed by atoms with Crippen LogP contribution in [-0.2, 0) is 5.41 Å². The van der Waals surface area contributed by atoms with Crippen LogP contribution in [0.15, 0.2) is 24.3 Å². The first-order chi connectivity index (χ1) is 9.45. The molecular weight excluding hydrogens is 249 g/mol. The molecule has 1 rings (SSSR count). The molecule has 2 heteroatoms. The second-order valence-corrected chi connectivity index (χ2v) is 6.26. The molecule has 0 saturated carbocycles. The number of nitrogens with one attached hydrogen (secondary N) is 1. The van der Waals surface area contributed by atoms with Gasteiger partial charge in [-0.3, -0.25) is 0 Å². The molecule has 0 aliphatic rings. The molecule has 0 fully saturated rings. The molecular formula is C18H30FN. The van der Waals surface area contributed by atoms with Crippen molar-refractivity contribution in [2.75, 3.05) is 6.54 Å². The van der Waals surface area contributed by atoms with Gasteiger partial charge in [0.05, 0.1) is 0 Å². The summed E-state index contributed by atoms with van der Waals surface area (Å²) in [4.78, 5) is 0. The lowest BCUT2D eigenvalue weighted by Crippen LogP contribution is -2.46. The Hall–Kier alpha value is -0.890. The van der Waals surface area contributed by atoms with Gasteiger partial charge in [-0.05, 0) is 36.6 Å². The van der Waals surface area contributed by atoms with Crippen LogP contribution in [0.2, 0.25) is 0 Å². The largest absolute Gasteiger partial charge is 0.313 e. The van der Waals surface area contributed by atoms with Gasteiger partial charge >= 0.3 is 0 Å². The molecule has 0 aliphatic carbocycles. The lowest BCUT2D eigenvalue weighted by atomic mass is 9.73. The normalized spacial score (nSPS) is 13.8. The van der Waals surface area contributed by atoms with E-state index >= 15 is 0 Å². The minimum Gasteiger partial charge on any atom is -0.313 e. The number of rotatable bonds is 8. The van der Waals surface area contributed by atoms with E-state index in [-0.39, 0.29) is 11.2 Å². The predicted molar refractivity (Wildman–Crippen MR) is 85.6 cm³/mol. The van der Waals surface area contributed by atoms with E-state index in [1.54, 1.807) is 12.1 Å². The molecule has 1 unspecified atom stereocenters. The second kappa shape index (κ2) is 7.78. The Morgan fingerprint density at radius 3 is 2.05 bits per heavy atom. The van der Waals surface area contributed by atoms with Crippen LogP contribution in [0, 0.1) is 11.7 Å². The van der Waals surface area contributed by atoms with Crippen molar-refractivity contribution in [3.8, 4) is 0 Å². The Morgan fingerprint density at radius 1 is 1.05 bits per heavy atom. The third kappa shape index (κ3) is 4.31. The Morgan fingerprint density at radius 2 is 1.60 bits per heavy atom. The number of hydrogen-bond donors (Lipinski definition) is 1. The molecule has 0 amide bonds. The van der Waals surface area contributed by atoms with E-state index in [0.29, 0.717) is 6.04 Å². The van der Waals surface area contributed by atoms with Crippen LogP contribution < -0.4 is 5.32 Å². The quantitative estimate of drug-likeness (QED) is 0.713. The van der Waals surface area contributed by atoms with Gasteiger partial charge in [0.15, 0.2) is 0 Å². The van der Waals surface area contributed by atoms with Gasteiger partial charge in [-0.2, -0.15) is 0 Å². The van der Waals surface area contributed by atoms with Crippen LogP contribution in [0.25, 0.3) is 0 Å². The summed E-state index contributed by atoms with van der Waals surface area (Å²) in [6.45, 7) is 12.2. The summed E-state index contributed by atoms with van der Waals surface area (Å²) in [5, 5.41) is 3.64. The maximum atomic E-state index is 13.1. The first kappa shape index (κ1) is 17.2. The van der Waals surface area contributed by atoms with E-state index in [4.69, 9.17) is 0 Å². The fraction of sp³-hybridized carbons (Fsp3) is 0.667. The van der Waals surface area contributed by atoms with Crippen molar-refractivity contribution in [2.24, 2.45) is 5.92 Å². The maximum Gasteiger partial charge on any atom is 0.123 e. The van der Waals surface area contributed by atoms with Crippen molar-refractivity contribution in [3.05, 3.63) is 35.6 Å². The highest BCUT2D eigenvalue weighted by atomic mass is 19.1. The SMILES string of the molecule is CCNC(CC(CC)CC)C(C)(C)c1ccc(F)cc1. The molecule has 1 aromatic rings. The number of hydrogen-bond acceptors (Lipinski definition) is 1. The van der Waals surface area contributed by atoms with Crippen LogP contribution in [0.3, 0.4) is 0 Å². The Kier molecular flexibility index (Phi) is 6.67. The zero-order valence-electron chi connectivity index (χ0n) is 13.7. The summed E-state index contributed by atoms with van der Waals surface area (Å²) in [6.07, 6.45) is 3.61. The van der Waals surface area contributed by atoms with Gasteiger partial charge in [0, 0.05) is 11.5 Å². The molecule has 20 heavy (non-hydrogen) atoms. The van der Waals surface area contributed by atoms with E-state index in [2.05, 4.69) is 39.9 Å². The molecule has 0 aliphatic heterocycles. The Bertz CT molecular complexity index is 379. The summed E-state index contributed by atoms with van der Waals surface area (Å²) >= 11 is 0. The van der Waals surface area contributed by atoms with Gasteiger partial charge in [-0.15, -0.1) is 0 Å². The molecule has 0 spiro atoms. The van der Waals surface area contributed by atoms with Gasteiger partial charge in [-0.1, -0.05) is 59.6 Å². The van der Waals surface area contributed by atoms with Gasteiger partial charge in [0.1, 0.15) is 5.82 Å². The molecule has 1 N–H and O–H groups in total. The van der Waals surface area contributed by atoms with Crippen LogP contribution in [-0.4, -0.2) is 12.6 Å². The lowest BCUT2D eigenvalue weighted by molar-refractivity contribution is 0.274. The molecule has 0 bridgehead atoms. The maximum absolute atomic E-state index is 13.1. The Balaban J connectivity index is 2.95. The van der Waals surface area contributed by atoms with E-state index in [1.807, 2.05) is 12.1 Å². The standard InChI is InChI=1S/C18H30FN/c1-6-14(7-2)13-17(20-8-3)18(4,5)15-9-11-16(19)12-10-15/h9-12,14,17,20H,6-8,13H2,1-5H3. The van der Waals surface area contributed by atoms with Gasteiger partial charge in [0.2, 0.25) is 0 Å². The smallest absolute Gasteiger partial charge is 0.123 e. The average molecular weight is 279 g/mol. The monoisotopic (exact) mass is 279 g/mol. The van der Waals surface area contributed by atoms with Crippen LogP contribution in [0.5, 0.6) is 0 Å². The molecule has 0 saturated heterocycles. The van der Waals surface area contributed by atoms with Crippen molar-refractivity contribution in [3.63, 3.8) is 0 Å². The highest BCUT2D eigenvalue weighted by Gasteiger charge is 2.31. The zero-order valence-corrected chi connectivity index (χ0v) is 13.7. The van der Waals surface area contributed by atoms with E-state index < -0.39 is 0 Å². The third-order valence-electron chi connectivity index (χ3n) is 4.63. The molecule has 0 heterocycles. The molecule has 0 radical (unpaired) electrons. The molecule has 1 nitrogen and oxygen atoms in total. The van der Waals surface area contributed by atoms with Gasteiger partial charge in [-0.25, -0.2) is 4.39 Å². The lowest BCUT2D eigenvalue weighted by Gasteiger charge is -2.37. The summed E-state index contributed by atoms with van der Waals surface area (Å²) in [5.74, 6) is 0.586. The molecule has 0 aromatic heterocycles. The highest BCUT2D eigenvalue weighted by Crippen LogP contribution is 2.32. The van der Waals surface area contributed by atoms with E-state index in [9.17, 15) is 4.39 Å². The first-order valence-electron chi connectivity index (χ1n) is 7.95. The number of benzene rings is 1. The van der Waals surface area contributed by atoms with Crippen molar-refractivity contribution in [1.82, 2.24) is 5.32 Å². The summed E-state index contributed by atoms with van der Waals surface area (Å²) in [6, 6.07) is 7.40. The minimum absolute atomic E-state index is 0.00625. The summed E-state index contributed by atoms with van der Waals surface area (Å²) in [5.41, 5.74) is 1.21. The van der Waals surface area contributed by atoms with Crippen molar-refractivity contribution in [1.29, 1.82) is 0 Å². The fourth-order valence-electron chi connectivity index (χ4n) is 2.92. The zero-order chi connectivity index (χ0) is 15.2. The van der Waals surface area contributed by atoms with Crippen LogP contribution in [0.1, 0.15) is 59.4 Å². The average Bonchev–Trinajstić information content (AvgIpc) is 2.43.